The van der Waals surface area contributed by atoms with E-state index in [0.717, 1.165) is 11.1 Å². The first-order valence-corrected chi connectivity index (χ1v) is 17.0. The number of esters is 1. The standard InChI is InChI=1S/C36H35BrClF2N7O3/c1-19-23(7-6-10-26(19)43-33-31-27(15-21(37)16-42-31)44-34(46-33)32(39)40)24-8-5-9-25(30(24)38)28-17-41-29(35(45-28)49-3)18-47(2)22-13-11-20(12-14-22)36(48)50-4/h5-10,15-17,20,22,32H,11-14,18H2,1-4H3,(H,43,44,46)/i2D3. The molecule has 0 bridgehead atoms. The Morgan fingerprint density at radius 2 is 1.80 bits per heavy atom. The molecule has 0 unspecified atom stereocenters. The fourth-order valence-corrected chi connectivity index (χ4v) is 6.85. The summed E-state index contributed by atoms with van der Waals surface area (Å²) in [6.07, 6.45) is 2.30. The van der Waals surface area contributed by atoms with Crippen molar-refractivity contribution < 1.29 is 27.2 Å². The number of anilines is 2. The highest BCUT2D eigenvalue weighted by molar-refractivity contribution is 9.10. The fraction of sp³-hybridized carbons (Fsp3) is 0.333. The summed E-state index contributed by atoms with van der Waals surface area (Å²) in [6.45, 7) is -0.592. The minimum atomic E-state index is -2.89. The van der Waals surface area contributed by atoms with Crippen molar-refractivity contribution in [1.82, 2.24) is 29.8 Å². The van der Waals surface area contributed by atoms with Crippen LogP contribution in [0.2, 0.25) is 5.02 Å². The van der Waals surface area contributed by atoms with Crippen molar-refractivity contribution in [3.8, 4) is 28.3 Å². The Kier molecular flexibility index (Phi) is 9.67. The molecule has 10 nitrogen and oxygen atoms in total. The molecule has 1 aliphatic rings. The van der Waals surface area contributed by atoms with Crippen molar-refractivity contribution in [2.75, 3.05) is 26.5 Å². The van der Waals surface area contributed by atoms with E-state index in [0.29, 0.717) is 68.9 Å². The van der Waals surface area contributed by atoms with E-state index < -0.39 is 19.2 Å². The number of benzene rings is 2. The molecule has 0 spiro atoms. The van der Waals surface area contributed by atoms with Gasteiger partial charge in [0.1, 0.15) is 11.2 Å². The largest absolute Gasteiger partial charge is 0.480 e. The average Bonchev–Trinajstić information content (AvgIpc) is 3.14. The van der Waals surface area contributed by atoms with E-state index in [1.54, 1.807) is 24.4 Å². The van der Waals surface area contributed by atoms with Gasteiger partial charge in [-0.25, -0.2) is 28.7 Å². The number of hydrogen-bond donors (Lipinski definition) is 1. The second kappa shape index (κ2) is 15.3. The van der Waals surface area contributed by atoms with Crippen molar-refractivity contribution in [1.29, 1.82) is 0 Å². The summed E-state index contributed by atoms with van der Waals surface area (Å²) in [7, 11) is 2.80. The molecule has 1 N–H and O–H groups in total. The molecule has 0 radical (unpaired) electrons. The van der Waals surface area contributed by atoms with E-state index in [9.17, 15) is 13.6 Å². The van der Waals surface area contributed by atoms with Gasteiger partial charge in [0.25, 0.3) is 6.43 Å². The SMILES string of the molecule is [2H]C([2H])([2H])N(Cc1ncc(-c2cccc(-c3cccc(Nc4nc(C(F)F)nc5cc(Br)cnc45)c3C)c2Cl)nc1OC)C1CCC(C(=O)OC)CC1. The summed E-state index contributed by atoms with van der Waals surface area (Å²) in [5, 5.41) is 3.55. The van der Waals surface area contributed by atoms with Crippen LogP contribution in [-0.4, -0.2) is 63.0 Å². The summed E-state index contributed by atoms with van der Waals surface area (Å²) in [5.41, 5.74) is 4.69. The summed E-state index contributed by atoms with van der Waals surface area (Å²) in [4.78, 5) is 35.2. The van der Waals surface area contributed by atoms with Crippen molar-refractivity contribution >= 4 is 56.0 Å². The molecule has 260 valence electrons. The van der Waals surface area contributed by atoms with Gasteiger partial charge in [0.2, 0.25) is 5.88 Å². The lowest BCUT2D eigenvalue weighted by molar-refractivity contribution is -0.146. The fourth-order valence-electron chi connectivity index (χ4n) is 6.20. The van der Waals surface area contributed by atoms with Gasteiger partial charge in [0.05, 0.1) is 42.6 Å². The van der Waals surface area contributed by atoms with Gasteiger partial charge in [-0.05, 0) is 78.8 Å². The number of alkyl halides is 2. The second-order valence-corrected chi connectivity index (χ2v) is 13.2. The number of aromatic nitrogens is 5. The number of nitrogens with one attached hydrogen (secondary N) is 1. The number of pyridine rings is 1. The van der Waals surface area contributed by atoms with E-state index in [-0.39, 0.29) is 41.7 Å². The average molecular weight is 770 g/mol. The Labute approximate surface area is 306 Å². The lowest BCUT2D eigenvalue weighted by Crippen LogP contribution is -2.36. The summed E-state index contributed by atoms with van der Waals surface area (Å²) in [5.74, 6) is -0.856. The maximum absolute atomic E-state index is 13.7. The summed E-state index contributed by atoms with van der Waals surface area (Å²) < 4.78 is 63.4. The van der Waals surface area contributed by atoms with Crippen LogP contribution in [0.4, 0.5) is 20.3 Å². The number of methoxy groups -OCH3 is 2. The molecule has 2 aromatic carbocycles. The van der Waals surface area contributed by atoms with Gasteiger partial charge in [0.15, 0.2) is 11.6 Å². The molecule has 14 heteroatoms. The van der Waals surface area contributed by atoms with Crippen LogP contribution >= 0.6 is 27.5 Å². The maximum Gasteiger partial charge on any atom is 0.308 e. The molecule has 0 aliphatic heterocycles. The lowest BCUT2D eigenvalue weighted by Gasteiger charge is -2.33. The lowest BCUT2D eigenvalue weighted by atomic mass is 9.85. The molecular weight excluding hydrogens is 732 g/mol. The van der Waals surface area contributed by atoms with Crippen LogP contribution in [0.5, 0.6) is 5.88 Å². The molecule has 0 atom stereocenters. The first-order chi connectivity index (χ1) is 25.3. The second-order valence-electron chi connectivity index (χ2n) is 11.9. The minimum absolute atomic E-state index is 0.0412. The quantitative estimate of drug-likeness (QED) is 0.138. The molecule has 3 aromatic heterocycles. The van der Waals surface area contributed by atoms with Gasteiger partial charge in [-0.3, -0.25) is 14.7 Å². The van der Waals surface area contributed by atoms with Gasteiger partial charge in [-0.1, -0.05) is 41.9 Å². The van der Waals surface area contributed by atoms with Gasteiger partial charge < -0.3 is 14.8 Å². The maximum atomic E-state index is 13.7. The smallest absolute Gasteiger partial charge is 0.308 e. The monoisotopic (exact) mass is 768 g/mol. The van der Waals surface area contributed by atoms with E-state index in [1.807, 2.05) is 31.2 Å². The van der Waals surface area contributed by atoms with Crippen molar-refractivity contribution in [3.05, 3.63) is 81.4 Å². The number of nitrogens with zero attached hydrogens (tertiary/aromatic N) is 6. The normalized spacial score (nSPS) is 17.3. The Balaban J connectivity index is 1.29. The number of rotatable bonds is 10. The Morgan fingerprint density at radius 3 is 2.52 bits per heavy atom. The molecule has 1 fully saturated rings. The number of hydrogen-bond acceptors (Lipinski definition) is 10. The van der Waals surface area contributed by atoms with Crippen LogP contribution in [0.3, 0.4) is 0 Å². The van der Waals surface area contributed by atoms with E-state index >= 15 is 0 Å². The predicted octanol–water partition coefficient (Wildman–Crippen LogP) is 8.73. The molecule has 50 heavy (non-hydrogen) atoms. The molecule has 1 aliphatic carbocycles. The first kappa shape index (κ1) is 31.6. The Bertz CT molecular complexity index is 2160. The van der Waals surface area contributed by atoms with Crippen molar-refractivity contribution in [2.45, 2.75) is 51.6 Å². The van der Waals surface area contributed by atoms with Crippen LogP contribution in [0.25, 0.3) is 33.4 Å². The van der Waals surface area contributed by atoms with Gasteiger partial charge >= 0.3 is 5.97 Å². The van der Waals surface area contributed by atoms with E-state index in [4.69, 9.17) is 30.2 Å². The number of ether oxygens (including phenoxy) is 2. The van der Waals surface area contributed by atoms with Crippen molar-refractivity contribution in [2.24, 2.45) is 5.92 Å². The van der Waals surface area contributed by atoms with Gasteiger partial charge in [0, 0.05) is 44.2 Å². The highest BCUT2D eigenvalue weighted by atomic mass is 79.9. The van der Waals surface area contributed by atoms with Crippen LogP contribution in [-0.2, 0) is 16.1 Å². The van der Waals surface area contributed by atoms with Crippen LogP contribution in [0.1, 0.15) is 53.3 Å². The molecule has 5 aromatic rings. The third kappa shape index (κ3) is 7.40. The van der Waals surface area contributed by atoms with Crippen LogP contribution in [0.15, 0.2) is 59.3 Å². The molecule has 1 saturated carbocycles. The third-order valence-corrected chi connectivity index (χ3v) is 9.70. The zero-order valence-corrected chi connectivity index (χ0v) is 29.7. The summed E-state index contributed by atoms with van der Waals surface area (Å²) in [6, 6.07) is 12.3. The first-order valence-electron chi connectivity index (χ1n) is 17.3. The molecule has 0 saturated heterocycles. The molecular formula is C36H35BrClF2N7O3. The topological polar surface area (TPSA) is 115 Å². The van der Waals surface area contributed by atoms with Crippen LogP contribution < -0.4 is 10.1 Å². The molecule has 3 heterocycles. The van der Waals surface area contributed by atoms with E-state index in [1.165, 1.54) is 25.3 Å². The van der Waals surface area contributed by atoms with Crippen LogP contribution in [0, 0.1) is 12.8 Å². The third-order valence-electron chi connectivity index (χ3n) is 8.86. The predicted molar refractivity (Wildman–Crippen MR) is 192 cm³/mol. The highest BCUT2D eigenvalue weighted by Crippen LogP contribution is 2.40. The van der Waals surface area contributed by atoms with Gasteiger partial charge in [-0.15, -0.1) is 0 Å². The van der Waals surface area contributed by atoms with Crippen molar-refractivity contribution in [3.63, 3.8) is 0 Å². The number of carbonyl (C=O) groups excluding carboxylic acids is 1. The Hall–Kier alpha value is -4.33. The summed E-state index contributed by atoms with van der Waals surface area (Å²) >= 11 is 10.4. The zero-order valence-electron chi connectivity index (χ0n) is 30.4. The molecule has 0 amide bonds. The number of fused-ring (bicyclic) bond motifs is 1. The number of halogens is 4. The zero-order chi connectivity index (χ0) is 38.0. The number of carbonyl (C=O) groups is 1. The minimum Gasteiger partial charge on any atom is -0.480 e. The Morgan fingerprint density at radius 1 is 1.06 bits per heavy atom. The van der Waals surface area contributed by atoms with Gasteiger partial charge in [-0.2, -0.15) is 0 Å². The molecule has 6 rings (SSSR count). The highest BCUT2D eigenvalue weighted by Gasteiger charge is 2.29. The van der Waals surface area contributed by atoms with E-state index in [2.05, 4.69) is 41.2 Å².